The van der Waals surface area contributed by atoms with Gasteiger partial charge in [0.15, 0.2) is 0 Å². The van der Waals surface area contributed by atoms with Crippen molar-refractivity contribution >= 4 is 34.0 Å². The zero-order valence-electron chi connectivity index (χ0n) is 15.9. The van der Waals surface area contributed by atoms with Crippen LogP contribution in [0.4, 0.5) is 4.79 Å². The molecule has 2 bridgehead atoms. The van der Waals surface area contributed by atoms with Gasteiger partial charge in [-0.15, -0.1) is 0 Å². The van der Waals surface area contributed by atoms with Crippen molar-refractivity contribution in [3.05, 3.63) is 67.1 Å². The fraction of sp³-hybridized carbons (Fsp3) is 0.350. The van der Waals surface area contributed by atoms with Gasteiger partial charge in [-0.2, -0.15) is 0 Å². The topological polar surface area (TPSA) is 83.5 Å². The predicted octanol–water partition coefficient (Wildman–Crippen LogP) is 3.49. The first-order valence-corrected chi connectivity index (χ1v) is 14.5. The zero-order valence-corrected chi connectivity index (χ0v) is 18.9. The van der Waals surface area contributed by atoms with Gasteiger partial charge in [0.05, 0.1) is 0 Å². The molecule has 154 valence electrons. The van der Waals surface area contributed by atoms with Crippen molar-refractivity contribution in [2.75, 3.05) is 11.0 Å². The van der Waals surface area contributed by atoms with Gasteiger partial charge in [-0.3, -0.25) is 0 Å². The van der Waals surface area contributed by atoms with E-state index in [-0.39, 0.29) is 20.9 Å². The third-order valence-electron chi connectivity index (χ3n) is 5.15. The molecule has 2 aliphatic rings. The molecule has 2 aromatic heterocycles. The van der Waals surface area contributed by atoms with Gasteiger partial charge in [-0.05, 0) is 0 Å². The molecule has 2 aliphatic heterocycles. The predicted molar refractivity (Wildman–Crippen MR) is 119 cm³/mol. The molecule has 2 aromatic rings. The maximum atomic E-state index is 13.5. The third kappa shape index (κ3) is 3.95. The Morgan fingerprint density at radius 2 is 1.93 bits per heavy atom. The second kappa shape index (κ2) is 8.49. The van der Waals surface area contributed by atoms with Crippen LogP contribution in [0.25, 0.3) is 0 Å². The van der Waals surface area contributed by atoms with E-state index < -0.39 is 30.1 Å². The number of pyridine rings is 2. The quantitative estimate of drug-likeness (QED) is 0.149. The van der Waals surface area contributed by atoms with Crippen LogP contribution in [0.2, 0.25) is 0 Å². The van der Waals surface area contributed by atoms with E-state index >= 15 is 0 Å². The van der Waals surface area contributed by atoms with Crippen LogP contribution in [0.1, 0.15) is 18.5 Å². The van der Waals surface area contributed by atoms with Crippen LogP contribution in [0.3, 0.4) is 0 Å². The van der Waals surface area contributed by atoms with Crippen molar-refractivity contribution in [3.63, 3.8) is 0 Å². The number of carbonyl (C=O) groups is 1. The normalized spacial score (nSPS) is 24.2. The van der Waals surface area contributed by atoms with Crippen molar-refractivity contribution in [2.24, 2.45) is 5.92 Å². The van der Waals surface area contributed by atoms with E-state index in [0.717, 1.165) is 18.5 Å². The van der Waals surface area contributed by atoms with E-state index in [9.17, 15) is 13.2 Å². The number of amides is 1. The number of fused-ring (bicyclic) bond motifs is 2. The van der Waals surface area contributed by atoms with Gasteiger partial charge in [0.2, 0.25) is 0 Å². The van der Waals surface area contributed by atoms with Crippen molar-refractivity contribution in [1.29, 1.82) is 0 Å². The molecule has 0 aromatic carbocycles. The number of hydrogen-bond acceptors (Lipinski definition) is 5. The van der Waals surface area contributed by atoms with Crippen LogP contribution in [0, 0.1) is 5.92 Å². The van der Waals surface area contributed by atoms with E-state index in [1.54, 1.807) is 31.8 Å². The summed E-state index contributed by atoms with van der Waals surface area (Å²) >= 11 is -2.68. The van der Waals surface area contributed by atoms with E-state index in [1.165, 1.54) is 12.3 Å². The molecule has 0 N–H and O–H groups in total. The summed E-state index contributed by atoms with van der Waals surface area (Å²) < 4.78 is 29.2. The Bertz CT molecular complexity index is 987. The van der Waals surface area contributed by atoms with Crippen molar-refractivity contribution in [3.8, 4) is 0 Å². The summed E-state index contributed by atoms with van der Waals surface area (Å²) in [5.41, 5.74) is 0.802. The van der Waals surface area contributed by atoms with Gasteiger partial charge >= 0.3 is 179 Å². The molecule has 2 saturated heterocycles. The molecule has 2 fully saturated rings. The SMILES string of the molecule is C=C[C@H]1CN(Cc2ccccn2)C(=O)I2CCCC1N2S(=O)(=O)c1ccccn1. The molecule has 0 saturated carbocycles. The third-order valence-corrected chi connectivity index (χ3v) is 14.7. The second-order valence-electron chi connectivity index (χ2n) is 7.01. The molecule has 9 heteroatoms. The summed E-state index contributed by atoms with van der Waals surface area (Å²) in [5, 5.41) is 0.0167. The number of alkyl halides is 1. The Kier molecular flexibility index (Phi) is 5.98. The second-order valence-corrected chi connectivity index (χ2v) is 14.4. The average molecular weight is 526 g/mol. The van der Waals surface area contributed by atoms with E-state index in [4.69, 9.17) is 0 Å². The molecule has 0 spiro atoms. The molecular weight excluding hydrogens is 503 g/mol. The minimum atomic E-state index is -3.84. The number of halogens is 1. The average Bonchev–Trinajstić information content (AvgIpc) is 2.82. The summed E-state index contributed by atoms with van der Waals surface area (Å²) in [6.45, 7) is 4.81. The molecular formula is C20H23IN4O3S. The summed E-state index contributed by atoms with van der Waals surface area (Å²) in [4.78, 5) is 23.7. The monoisotopic (exact) mass is 526 g/mol. The van der Waals surface area contributed by atoms with Crippen LogP contribution in [0.5, 0.6) is 0 Å². The molecule has 1 unspecified atom stereocenters. The van der Waals surface area contributed by atoms with E-state index in [0.29, 0.717) is 17.5 Å². The summed E-state index contributed by atoms with van der Waals surface area (Å²) in [7, 11) is -3.84. The maximum absolute atomic E-state index is 13.5. The van der Waals surface area contributed by atoms with Gasteiger partial charge in [0.25, 0.3) is 0 Å². The Hall–Kier alpha value is -1.85. The van der Waals surface area contributed by atoms with Gasteiger partial charge in [-0.25, -0.2) is 0 Å². The number of hydrogen-bond donors (Lipinski definition) is 0. The number of carbonyl (C=O) groups excluding carboxylic acids is 1. The molecule has 1 amide bonds. The van der Waals surface area contributed by atoms with E-state index in [1.807, 2.05) is 18.2 Å². The summed E-state index contributed by atoms with van der Waals surface area (Å²) in [5.74, 6) is -0.122. The molecule has 0 aliphatic carbocycles. The Morgan fingerprint density at radius 1 is 1.17 bits per heavy atom. The Morgan fingerprint density at radius 3 is 2.59 bits per heavy atom. The van der Waals surface area contributed by atoms with Crippen molar-refractivity contribution in [1.82, 2.24) is 17.4 Å². The summed E-state index contributed by atoms with van der Waals surface area (Å²) in [6.07, 6.45) is 6.59. The zero-order chi connectivity index (χ0) is 20.4. The minimum absolute atomic E-state index is 0.0167. The van der Waals surface area contributed by atoms with Crippen molar-refractivity contribution in [2.45, 2.75) is 30.5 Å². The molecule has 4 rings (SSSR count). The molecule has 0 radical (unpaired) electrons. The van der Waals surface area contributed by atoms with Gasteiger partial charge in [0, 0.05) is 0 Å². The van der Waals surface area contributed by atoms with Crippen LogP contribution < -0.4 is 0 Å². The van der Waals surface area contributed by atoms with E-state index in [2.05, 4.69) is 16.5 Å². The Labute approximate surface area is 178 Å². The van der Waals surface area contributed by atoms with Gasteiger partial charge in [-0.1, -0.05) is 0 Å². The first kappa shape index (κ1) is 20.4. The first-order valence-electron chi connectivity index (χ1n) is 9.45. The standard InChI is InChI=1S/C20H23IN4O3S/c1-2-16-14-24(15-17-8-3-5-12-22-17)20(26)21-11-7-9-18(16)25(21)29(27,28)19-10-4-6-13-23-19/h2-6,8,10,12-13,16,18H,1,7,9,11,14-15H2/t16-,18?/m0/s1. The number of nitrogens with zero attached hydrogens (tertiary/aromatic N) is 4. The number of rotatable bonds is 5. The number of aromatic nitrogens is 2. The van der Waals surface area contributed by atoms with Crippen LogP contribution in [-0.4, -0.2) is 46.7 Å². The van der Waals surface area contributed by atoms with Gasteiger partial charge < -0.3 is 0 Å². The molecule has 4 heterocycles. The molecule has 7 nitrogen and oxygen atoms in total. The fourth-order valence-electron chi connectivity index (χ4n) is 3.77. The summed E-state index contributed by atoms with van der Waals surface area (Å²) in [6, 6.07) is 10.2. The van der Waals surface area contributed by atoms with Gasteiger partial charge in [0.1, 0.15) is 0 Å². The molecule has 2 atom stereocenters. The molecule has 29 heavy (non-hydrogen) atoms. The Balaban J connectivity index is 1.74. The van der Waals surface area contributed by atoms with Crippen LogP contribution in [-0.2, 0) is 16.6 Å². The number of sulfonamides is 1. The fourth-order valence-corrected chi connectivity index (χ4v) is 13.8. The first-order chi connectivity index (χ1) is 14.0. The van der Waals surface area contributed by atoms with Crippen molar-refractivity contribution < 1.29 is 13.2 Å². The van der Waals surface area contributed by atoms with Crippen LogP contribution >= 0.6 is 20.1 Å². The van der Waals surface area contributed by atoms with Crippen LogP contribution in [0.15, 0.2) is 66.5 Å².